The quantitative estimate of drug-likeness (QED) is 0.826. The molecule has 2 amide bonds. The molecule has 0 saturated carbocycles. The van der Waals surface area contributed by atoms with Crippen molar-refractivity contribution < 1.29 is 23.5 Å². The third-order valence-electron chi connectivity index (χ3n) is 2.49. The molecular weight excluding hydrogens is 315 g/mol. The average molecular weight is 340 g/mol. The maximum atomic E-state index is 13.0. The van der Waals surface area contributed by atoms with Crippen LogP contribution in [0.1, 0.15) is 47.1 Å². The molecule has 0 bridgehead atoms. The summed E-state index contributed by atoms with van der Waals surface area (Å²) in [7, 11) is 0. The molecule has 0 aromatic heterocycles. The van der Waals surface area contributed by atoms with Crippen LogP contribution in [0.4, 0.5) is 14.0 Å². The summed E-state index contributed by atoms with van der Waals surface area (Å²) in [4.78, 5) is 24.2. The zero-order valence-corrected chi connectivity index (χ0v) is 15.0. The minimum Gasteiger partial charge on any atom is -0.443 e. The highest BCUT2D eigenvalue weighted by Gasteiger charge is 2.26. The lowest BCUT2D eigenvalue weighted by atomic mass is 10.2. The predicted molar refractivity (Wildman–Crippen MR) is 87.5 cm³/mol. The van der Waals surface area contributed by atoms with E-state index in [0.29, 0.717) is 5.56 Å². The lowest BCUT2D eigenvalue weighted by Crippen LogP contribution is -2.49. The van der Waals surface area contributed by atoms with Crippen LogP contribution in [0.25, 0.3) is 0 Å². The van der Waals surface area contributed by atoms with E-state index in [1.54, 1.807) is 41.5 Å². The van der Waals surface area contributed by atoms with Crippen LogP contribution >= 0.6 is 0 Å². The molecule has 134 valence electrons. The van der Waals surface area contributed by atoms with Gasteiger partial charge in [0.05, 0.1) is 6.54 Å². The number of carbonyl (C=O) groups excluding carboxylic acids is 2. The van der Waals surface area contributed by atoms with Gasteiger partial charge in [0, 0.05) is 0 Å². The van der Waals surface area contributed by atoms with Crippen molar-refractivity contribution in [1.82, 2.24) is 10.4 Å². The zero-order chi connectivity index (χ0) is 18.5. The molecule has 0 atom stereocenters. The van der Waals surface area contributed by atoms with Gasteiger partial charge in [-0.05, 0) is 59.2 Å². The van der Waals surface area contributed by atoms with Gasteiger partial charge in [0.2, 0.25) is 0 Å². The monoisotopic (exact) mass is 340 g/mol. The third kappa shape index (κ3) is 7.80. The SMILES string of the molecule is CC(C)(C)OC(=O)NN(Cc1ccc(F)cc1)C(=O)OC(C)(C)C. The molecule has 0 aliphatic carbocycles. The fourth-order valence-electron chi connectivity index (χ4n) is 1.65. The first kappa shape index (κ1) is 19.7. The van der Waals surface area contributed by atoms with Crippen molar-refractivity contribution in [1.29, 1.82) is 0 Å². The molecule has 6 nitrogen and oxygen atoms in total. The second-order valence-electron chi connectivity index (χ2n) is 7.31. The molecule has 1 aromatic rings. The number of hydrogen-bond donors (Lipinski definition) is 1. The van der Waals surface area contributed by atoms with Crippen LogP contribution in [0, 0.1) is 5.82 Å². The van der Waals surface area contributed by atoms with Crippen molar-refractivity contribution in [2.45, 2.75) is 59.3 Å². The largest absolute Gasteiger partial charge is 0.443 e. The molecule has 24 heavy (non-hydrogen) atoms. The first-order valence-corrected chi connectivity index (χ1v) is 7.60. The number of ether oxygens (including phenoxy) is 2. The second-order valence-corrected chi connectivity index (χ2v) is 7.31. The fourth-order valence-corrected chi connectivity index (χ4v) is 1.65. The fraction of sp³-hybridized carbons (Fsp3) is 0.529. The van der Waals surface area contributed by atoms with E-state index in [1.165, 1.54) is 24.3 Å². The van der Waals surface area contributed by atoms with Crippen molar-refractivity contribution >= 4 is 12.2 Å². The summed E-state index contributed by atoms with van der Waals surface area (Å²) < 4.78 is 23.4. The van der Waals surface area contributed by atoms with Gasteiger partial charge in [-0.3, -0.25) is 0 Å². The van der Waals surface area contributed by atoms with Crippen LogP contribution in [-0.4, -0.2) is 28.4 Å². The number of halogens is 1. The van der Waals surface area contributed by atoms with Gasteiger partial charge in [-0.15, -0.1) is 0 Å². The van der Waals surface area contributed by atoms with E-state index in [-0.39, 0.29) is 12.4 Å². The number of benzene rings is 1. The van der Waals surface area contributed by atoms with Crippen LogP contribution in [-0.2, 0) is 16.0 Å². The standard InChI is InChI=1S/C17H25FN2O4/c1-16(2,3)23-14(21)19-20(15(22)24-17(4,5)6)11-12-7-9-13(18)10-8-12/h7-10H,11H2,1-6H3,(H,19,21). The van der Waals surface area contributed by atoms with E-state index in [1.807, 2.05) is 0 Å². The van der Waals surface area contributed by atoms with Crippen LogP contribution < -0.4 is 5.43 Å². The molecule has 1 rings (SSSR count). The highest BCUT2D eigenvalue weighted by atomic mass is 19.1. The van der Waals surface area contributed by atoms with Crippen LogP contribution in [0.2, 0.25) is 0 Å². The summed E-state index contributed by atoms with van der Waals surface area (Å²) in [6.45, 7) is 10.3. The molecule has 0 fully saturated rings. The van der Waals surface area contributed by atoms with Gasteiger partial charge in [0.1, 0.15) is 17.0 Å². The zero-order valence-electron chi connectivity index (χ0n) is 15.0. The van der Waals surface area contributed by atoms with Crippen molar-refractivity contribution in [2.24, 2.45) is 0 Å². The van der Waals surface area contributed by atoms with Gasteiger partial charge in [-0.1, -0.05) is 12.1 Å². The average Bonchev–Trinajstić information content (AvgIpc) is 2.36. The Morgan fingerprint density at radius 2 is 1.50 bits per heavy atom. The summed E-state index contributed by atoms with van der Waals surface area (Å²) in [6, 6.07) is 5.58. The predicted octanol–water partition coefficient (Wildman–Crippen LogP) is 4.00. The van der Waals surface area contributed by atoms with Gasteiger partial charge in [0.25, 0.3) is 0 Å². The molecule has 0 radical (unpaired) electrons. The van der Waals surface area contributed by atoms with E-state index in [4.69, 9.17) is 9.47 Å². The van der Waals surface area contributed by atoms with E-state index in [0.717, 1.165) is 5.01 Å². The van der Waals surface area contributed by atoms with E-state index >= 15 is 0 Å². The molecule has 0 heterocycles. The molecule has 0 aliphatic rings. The smallest absolute Gasteiger partial charge is 0.429 e. The van der Waals surface area contributed by atoms with Crippen molar-refractivity contribution in [3.8, 4) is 0 Å². The number of amides is 2. The van der Waals surface area contributed by atoms with Crippen molar-refractivity contribution in [3.63, 3.8) is 0 Å². The molecular formula is C17H25FN2O4. The second kappa shape index (κ2) is 7.51. The van der Waals surface area contributed by atoms with Gasteiger partial charge in [-0.25, -0.2) is 24.4 Å². The molecule has 7 heteroatoms. The van der Waals surface area contributed by atoms with Gasteiger partial charge < -0.3 is 9.47 Å². The first-order valence-electron chi connectivity index (χ1n) is 7.60. The van der Waals surface area contributed by atoms with Gasteiger partial charge in [-0.2, -0.15) is 0 Å². The molecule has 0 aliphatic heterocycles. The molecule has 0 saturated heterocycles. The molecule has 0 spiro atoms. The molecule has 0 unspecified atom stereocenters. The van der Waals surface area contributed by atoms with Crippen LogP contribution in [0.15, 0.2) is 24.3 Å². The minimum atomic E-state index is -0.782. The Labute approximate surface area is 141 Å². The number of nitrogens with one attached hydrogen (secondary N) is 1. The van der Waals surface area contributed by atoms with E-state index in [2.05, 4.69) is 5.43 Å². The number of hydrogen-bond acceptors (Lipinski definition) is 4. The highest BCUT2D eigenvalue weighted by molar-refractivity contribution is 5.74. The number of rotatable bonds is 2. The summed E-state index contributed by atoms with van der Waals surface area (Å²) in [5.74, 6) is -0.386. The third-order valence-corrected chi connectivity index (χ3v) is 2.49. The summed E-state index contributed by atoms with van der Waals surface area (Å²) in [5, 5.41) is 0.993. The van der Waals surface area contributed by atoms with Crippen LogP contribution in [0.5, 0.6) is 0 Å². The Morgan fingerprint density at radius 3 is 1.96 bits per heavy atom. The Hall–Kier alpha value is -2.31. The summed E-state index contributed by atoms with van der Waals surface area (Å²) >= 11 is 0. The van der Waals surface area contributed by atoms with E-state index < -0.39 is 23.4 Å². The van der Waals surface area contributed by atoms with Gasteiger partial charge >= 0.3 is 12.2 Å². The maximum Gasteiger partial charge on any atom is 0.429 e. The summed E-state index contributed by atoms with van der Waals surface area (Å²) in [5.41, 5.74) is 1.55. The number of hydrazine groups is 1. The summed E-state index contributed by atoms with van der Waals surface area (Å²) in [6.07, 6.45) is -1.52. The van der Waals surface area contributed by atoms with Crippen molar-refractivity contribution in [3.05, 3.63) is 35.6 Å². The highest BCUT2D eigenvalue weighted by Crippen LogP contribution is 2.13. The van der Waals surface area contributed by atoms with Crippen molar-refractivity contribution in [2.75, 3.05) is 0 Å². The molecule has 1 N–H and O–H groups in total. The lowest BCUT2D eigenvalue weighted by Gasteiger charge is -2.28. The molecule has 1 aromatic carbocycles. The van der Waals surface area contributed by atoms with Crippen LogP contribution in [0.3, 0.4) is 0 Å². The Balaban J connectivity index is 2.88. The number of nitrogens with zero attached hydrogens (tertiary/aromatic N) is 1. The maximum absolute atomic E-state index is 13.0. The normalized spacial score (nSPS) is 11.6. The first-order chi connectivity index (χ1) is 10.9. The lowest BCUT2D eigenvalue weighted by molar-refractivity contribution is -0.000658. The van der Waals surface area contributed by atoms with Gasteiger partial charge in [0.15, 0.2) is 0 Å². The Kier molecular flexibility index (Phi) is 6.17. The Bertz CT molecular complexity index is 574. The number of carbonyl (C=O) groups is 2. The Morgan fingerprint density at radius 1 is 1.00 bits per heavy atom. The minimum absolute atomic E-state index is 0.00837. The van der Waals surface area contributed by atoms with E-state index in [9.17, 15) is 14.0 Å². The topological polar surface area (TPSA) is 67.9 Å².